The molecule has 17 rings (SSSR count). The molecule has 16 fully saturated rings. The smallest absolute Gasteiger partial charge is 0.192 e. The predicted octanol–water partition coefficient (Wildman–Crippen LogP) is 10.5. The standard InChI is InChI=1S/C85H159NO30Si6/c1-80(2,3)117(24,25)99-42-50-62-56(87)68(93-19)74(105-50)111-63-51(43-100-118(26,27)81(4,5)6)106-76(69(94-20)57(63)88)113-65-53(45-102-120(30,31)83(10,11)12)108-78(71(96-22)59(65)90)115-67-55(47-104-122(34,35)85(16,17)18)110-79(73(61(67)92)98-41-49-38-36-48(40-86)37-39-49)116-66-54(46-103-121(32,33)84(13,14)15)109-77(72(97-23)60(66)91)114-64-52(44-101-119(28,29)82(7,8)9)107-75(112-62)70(95-21)58(64)89/h36-39,50-79,87-92H,41-47H2,1-35H3/t50-,51-,52-,53-,54-,55-,56+,57+,58+,59+,60+,61+,62-,63-,64-,65-,66-,67-,68-,69-,70-,71-,72-,73-,74-,75-,76-,77-,78-,79-/m1/s1. The summed E-state index contributed by atoms with van der Waals surface area (Å²) in [7, 11) is -9.48. The zero-order chi connectivity index (χ0) is 91.9. The minimum absolute atomic E-state index is 0.179. The van der Waals surface area contributed by atoms with Gasteiger partial charge in [-0.1, -0.05) is 137 Å². The van der Waals surface area contributed by atoms with Gasteiger partial charge in [-0.2, -0.15) is 5.26 Å². The van der Waals surface area contributed by atoms with Crippen LogP contribution in [0.5, 0.6) is 0 Å². The average molecular weight is 1840 g/mol. The summed E-state index contributed by atoms with van der Waals surface area (Å²) in [5.41, 5.74) is 0.996. The van der Waals surface area contributed by atoms with Gasteiger partial charge in [-0.15, -0.1) is 0 Å². The molecular formula is C85H159NO30Si6. The molecule has 0 amide bonds. The largest absolute Gasteiger partial charge is 0.414 e. The Morgan fingerprint density at radius 3 is 0.598 bits per heavy atom. The Morgan fingerprint density at radius 2 is 0.443 bits per heavy atom. The predicted molar refractivity (Wildman–Crippen MR) is 470 cm³/mol. The lowest BCUT2D eigenvalue weighted by atomic mass is 9.94. The van der Waals surface area contributed by atoms with Gasteiger partial charge in [-0.05, 0) is 126 Å². The number of nitrogens with zero attached hydrogens (tertiary/aromatic N) is 1. The van der Waals surface area contributed by atoms with Crippen LogP contribution in [0.25, 0.3) is 0 Å². The Balaban J connectivity index is 1.38. The van der Waals surface area contributed by atoms with E-state index in [1.165, 1.54) is 35.5 Å². The maximum atomic E-state index is 13.7. The van der Waals surface area contributed by atoms with Crippen LogP contribution in [0, 0.1) is 11.3 Å². The van der Waals surface area contributed by atoms with Crippen LogP contribution in [0.15, 0.2) is 24.3 Å². The fraction of sp³-hybridized carbons (Fsp3) is 0.918. The van der Waals surface area contributed by atoms with Crippen molar-refractivity contribution in [1.29, 1.82) is 5.26 Å². The van der Waals surface area contributed by atoms with Gasteiger partial charge >= 0.3 is 0 Å². The highest BCUT2D eigenvalue weighted by molar-refractivity contribution is 6.76. The molecule has 0 aliphatic carbocycles. The molecule has 37 heteroatoms. The molecule has 16 saturated heterocycles. The monoisotopic (exact) mass is 1840 g/mol. The first-order valence-corrected chi connectivity index (χ1v) is 61.0. The minimum atomic E-state index is -2.76. The number of hydrogen-bond acceptors (Lipinski definition) is 31. The summed E-state index contributed by atoms with van der Waals surface area (Å²) in [6.45, 7) is 61.2. The Hall–Kier alpha value is -1.19. The number of hydrogen-bond donors (Lipinski definition) is 6. The summed E-state index contributed by atoms with van der Waals surface area (Å²) in [6.07, 6.45) is -44.4. The molecule has 12 bridgehead atoms. The van der Waals surface area contributed by atoms with Gasteiger partial charge in [0.2, 0.25) is 0 Å². The Kier molecular flexibility index (Phi) is 35.8. The van der Waals surface area contributed by atoms with Gasteiger partial charge in [0.05, 0.1) is 57.9 Å². The van der Waals surface area contributed by atoms with Crippen LogP contribution < -0.4 is 0 Å². The van der Waals surface area contributed by atoms with Crippen LogP contribution in [0.3, 0.4) is 0 Å². The molecule has 16 aliphatic rings. The third-order valence-corrected chi connectivity index (χ3v) is 55.8. The van der Waals surface area contributed by atoms with E-state index in [9.17, 15) is 35.9 Å². The second kappa shape index (κ2) is 41.1. The van der Waals surface area contributed by atoms with Gasteiger partial charge in [-0.25, -0.2) is 0 Å². The summed E-state index contributed by atoms with van der Waals surface area (Å²) < 4.78 is 166. The molecule has 0 unspecified atom stereocenters. The molecule has 1 aromatic carbocycles. The summed E-state index contributed by atoms with van der Waals surface area (Å²) in [4.78, 5) is 0. The molecule has 16 heterocycles. The van der Waals surface area contributed by atoms with E-state index in [0.717, 1.165) is 0 Å². The maximum absolute atomic E-state index is 13.7. The number of nitriles is 1. The van der Waals surface area contributed by atoms with Gasteiger partial charge in [0, 0.05) is 35.5 Å². The van der Waals surface area contributed by atoms with Crippen molar-refractivity contribution in [2.45, 2.75) is 424 Å². The number of rotatable bonds is 26. The van der Waals surface area contributed by atoms with Crippen LogP contribution in [-0.2, 0) is 118 Å². The summed E-state index contributed by atoms with van der Waals surface area (Å²) in [5, 5.41) is 88.3. The van der Waals surface area contributed by atoms with Crippen molar-refractivity contribution in [3.05, 3.63) is 35.4 Å². The summed E-state index contributed by atoms with van der Waals surface area (Å²) in [6, 6.07) is 8.90. The second-order valence-electron chi connectivity index (χ2n) is 43.3. The van der Waals surface area contributed by atoms with Gasteiger partial charge in [0.1, 0.15) is 146 Å². The maximum Gasteiger partial charge on any atom is 0.192 e. The van der Waals surface area contributed by atoms with Crippen molar-refractivity contribution in [3.8, 4) is 6.07 Å². The van der Waals surface area contributed by atoms with Gasteiger partial charge in [0.15, 0.2) is 87.6 Å². The Labute approximate surface area is 734 Å². The molecule has 0 spiro atoms. The van der Waals surface area contributed by atoms with E-state index in [1.54, 1.807) is 24.3 Å². The highest BCUT2D eigenvalue weighted by atomic mass is 28.4. The van der Waals surface area contributed by atoms with E-state index in [-0.39, 0.29) is 76.5 Å². The van der Waals surface area contributed by atoms with E-state index in [4.69, 9.17) is 112 Å². The highest BCUT2D eigenvalue weighted by Gasteiger charge is 2.62. The molecule has 30 atom stereocenters. The van der Waals surface area contributed by atoms with E-state index < -0.39 is 234 Å². The molecule has 0 aromatic heterocycles. The number of methoxy groups -OCH3 is 5. The van der Waals surface area contributed by atoms with E-state index in [1.807, 2.05) is 0 Å². The first-order chi connectivity index (χ1) is 56.0. The molecule has 31 nitrogen and oxygen atoms in total. The van der Waals surface area contributed by atoms with Crippen molar-refractivity contribution < 1.29 is 142 Å². The van der Waals surface area contributed by atoms with Crippen LogP contribution in [0.4, 0.5) is 0 Å². The lowest BCUT2D eigenvalue weighted by Gasteiger charge is -2.53. The van der Waals surface area contributed by atoms with Crippen LogP contribution in [-0.4, -0.2) is 340 Å². The molecule has 6 N–H and O–H groups in total. The fourth-order valence-corrected chi connectivity index (χ4v) is 20.2. The van der Waals surface area contributed by atoms with Crippen molar-refractivity contribution in [3.63, 3.8) is 0 Å². The zero-order valence-corrected chi connectivity index (χ0v) is 86.0. The van der Waals surface area contributed by atoms with Gasteiger partial charge in [0.25, 0.3) is 0 Å². The van der Waals surface area contributed by atoms with Crippen LogP contribution >= 0.6 is 0 Å². The minimum Gasteiger partial charge on any atom is -0.414 e. The molecule has 0 radical (unpaired) electrons. The molecule has 16 aliphatic heterocycles. The van der Waals surface area contributed by atoms with E-state index in [2.05, 4.69) is 209 Å². The lowest BCUT2D eigenvalue weighted by molar-refractivity contribution is -0.407. The van der Waals surface area contributed by atoms with Crippen LogP contribution in [0.1, 0.15) is 136 Å². The molecule has 708 valence electrons. The third kappa shape index (κ3) is 24.4. The second-order valence-corrected chi connectivity index (χ2v) is 72.2. The van der Waals surface area contributed by atoms with E-state index in [0.29, 0.717) is 11.1 Å². The van der Waals surface area contributed by atoms with Crippen molar-refractivity contribution >= 4 is 49.9 Å². The Morgan fingerprint density at radius 1 is 0.279 bits per heavy atom. The van der Waals surface area contributed by atoms with Crippen molar-refractivity contribution in [2.75, 3.05) is 75.2 Å². The fourth-order valence-electron chi connectivity index (χ4n) is 14.1. The van der Waals surface area contributed by atoms with Crippen molar-refractivity contribution in [1.82, 2.24) is 0 Å². The van der Waals surface area contributed by atoms with Crippen LogP contribution in [0.2, 0.25) is 109 Å². The number of aliphatic hydroxyl groups is 6. The molecular weight excluding hydrogens is 1680 g/mol. The SMILES string of the molecule is CO[C@H]1[C@H]2O[C@H]3[C@H](O)[C@@H](OC)[C@@H](O[C@H]4[C@H](O)[C@@H](OC)[C@@H](O[C@H]5[C@H](O)[C@@H](OCc6ccc(C#N)cc6)[C@@H](O[C@H]6[C@H](O)[C@@H](OC)[C@@H](O[C@H]7[C@H](O)[C@@H](OC)[C@@H](O[C@@H]([C@@H]1O)[C@@H](CO[Si](C)(C)C(C)(C)C)O2)O[C@@H]7CO[Si](C)(C)C(C)(C)C)O[C@@H]6CO[Si](C)(C)C(C)(C)C)O[C@@H]5CO[Si](C)(C)C(C)(C)C)O[C@@H]4CO[Si](C)(C)C(C)(C)C)O[C@@H]3CO[Si](C)(C)C(C)(C)C. The first kappa shape index (κ1) is 106. The Bertz CT molecular complexity index is 3450. The number of ether oxygens (including phenoxy) is 18. The molecule has 0 saturated carbocycles. The molecule has 122 heavy (non-hydrogen) atoms. The topological polar surface area (TPSA) is 367 Å². The van der Waals surface area contributed by atoms with Crippen molar-refractivity contribution in [2.24, 2.45) is 0 Å². The third-order valence-electron chi connectivity index (χ3n) is 28.8. The zero-order valence-electron chi connectivity index (χ0n) is 80.0. The number of aliphatic hydroxyl groups excluding tert-OH is 6. The molecule has 1 aromatic rings. The van der Waals surface area contributed by atoms with Gasteiger partial charge < -0.3 is 142 Å². The normalized spacial score (nSPS) is 37.1. The lowest BCUT2D eigenvalue weighted by Crippen LogP contribution is -2.70. The number of benzene rings is 1. The van der Waals surface area contributed by atoms with Gasteiger partial charge in [-0.3, -0.25) is 0 Å². The summed E-state index contributed by atoms with van der Waals surface area (Å²) in [5.74, 6) is 0. The summed E-state index contributed by atoms with van der Waals surface area (Å²) >= 11 is 0. The highest BCUT2D eigenvalue weighted by Crippen LogP contribution is 2.48. The quantitative estimate of drug-likeness (QED) is 0.0469. The average Bonchev–Trinajstić information content (AvgIpc) is 0.759. The first-order valence-electron chi connectivity index (χ1n) is 43.5. The van der Waals surface area contributed by atoms with E-state index >= 15 is 0 Å².